The molecule has 1 fully saturated rings. The molecule has 17 heavy (non-hydrogen) atoms. The zero-order valence-electron chi connectivity index (χ0n) is 10.2. The van der Waals surface area contributed by atoms with E-state index in [2.05, 4.69) is 5.32 Å². The van der Waals surface area contributed by atoms with Crippen molar-refractivity contribution in [1.82, 2.24) is 10.2 Å². The summed E-state index contributed by atoms with van der Waals surface area (Å²) in [5.41, 5.74) is 0. The standard InChI is InChI=1S/C11H20N2O4/c1-7(14)6-13(2)11(17)12-9(5-10(15)16)8-3-4-8/h7-9,14H,3-6H2,1-2H3,(H,12,17)(H,15,16). The Kier molecular flexibility index (Phi) is 4.74. The number of aliphatic hydroxyl groups is 1. The molecule has 6 heteroatoms. The van der Waals surface area contributed by atoms with Crippen molar-refractivity contribution in [3.05, 3.63) is 0 Å². The van der Waals surface area contributed by atoms with Gasteiger partial charge >= 0.3 is 12.0 Å². The minimum Gasteiger partial charge on any atom is -0.481 e. The molecular weight excluding hydrogens is 224 g/mol. The molecule has 0 aromatic heterocycles. The highest BCUT2D eigenvalue weighted by Crippen LogP contribution is 2.34. The third-order valence-electron chi connectivity index (χ3n) is 2.78. The van der Waals surface area contributed by atoms with Crippen LogP contribution >= 0.6 is 0 Å². The quantitative estimate of drug-likeness (QED) is 0.625. The molecule has 0 aliphatic heterocycles. The van der Waals surface area contributed by atoms with E-state index < -0.39 is 12.1 Å². The van der Waals surface area contributed by atoms with Crippen molar-refractivity contribution < 1.29 is 19.8 Å². The molecule has 0 heterocycles. The van der Waals surface area contributed by atoms with E-state index in [1.165, 1.54) is 4.90 Å². The third kappa shape index (κ3) is 5.04. The number of aliphatic carboxylic acids is 1. The Morgan fingerprint density at radius 1 is 1.47 bits per heavy atom. The molecule has 2 amide bonds. The molecule has 1 rings (SSSR count). The van der Waals surface area contributed by atoms with Gasteiger partial charge in [0, 0.05) is 19.6 Å². The lowest BCUT2D eigenvalue weighted by Crippen LogP contribution is -2.46. The van der Waals surface area contributed by atoms with Crippen molar-refractivity contribution in [1.29, 1.82) is 0 Å². The summed E-state index contributed by atoms with van der Waals surface area (Å²) in [6, 6.07) is -0.625. The van der Waals surface area contributed by atoms with E-state index in [1.807, 2.05) is 0 Å². The fourth-order valence-corrected chi connectivity index (χ4v) is 1.77. The van der Waals surface area contributed by atoms with Crippen LogP contribution in [0, 0.1) is 5.92 Å². The second-order valence-corrected chi connectivity index (χ2v) is 4.72. The largest absolute Gasteiger partial charge is 0.481 e. The van der Waals surface area contributed by atoms with Gasteiger partial charge in [-0.3, -0.25) is 4.79 Å². The van der Waals surface area contributed by atoms with E-state index in [0.717, 1.165) is 12.8 Å². The van der Waals surface area contributed by atoms with Gasteiger partial charge in [0.1, 0.15) is 0 Å². The van der Waals surface area contributed by atoms with Gasteiger partial charge in [-0.15, -0.1) is 0 Å². The van der Waals surface area contributed by atoms with Gasteiger partial charge in [-0.2, -0.15) is 0 Å². The zero-order chi connectivity index (χ0) is 13.0. The highest BCUT2D eigenvalue weighted by Gasteiger charge is 2.34. The van der Waals surface area contributed by atoms with Crippen LogP contribution < -0.4 is 5.32 Å². The number of hydrogen-bond donors (Lipinski definition) is 3. The first-order chi connectivity index (χ1) is 7.90. The van der Waals surface area contributed by atoms with Crippen LogP contribution in [-0.4, -0.2) is 52.9 Å². The first kappa shape index (κ1) is 13.8. The van der Waals surface area contributed by atoms with Crippen LogP contribution in [0.25, 0.3) is 0 Å². The number of amides is 2. The molecule has 6 nitrogen and oxygen atoms in total. The number of carbonyl (C=O) groups excluding carboxylic acids is 1. The predicted molar refractivity (Wildman–Crippen MR) is 61.6 cm³/mol. The van der Waals surface area contributed by atoms with Gasteiger partial charge in [0.25, 0.3) is 0 Å². The van der Waals surface area contributed by atoms with Crippen molar-refractivity contribution >= 4 is 12.0 Å². The Bertz CT molecular complexity index is 289. The predicted octanol–water partition coefficient (Wildman–Crippen LogP) is 0.262. The molecule has 98 valence electrons. The second kappa shape index (κ2) is 5.86. The van der Waals surface area contributed by atoms with Crippen LogP contribution in [-0.2, 0) is 4.79 Å². The summed E-state index contributed by atoms with van der Waals surface area (Å²) >= 11 is 0. The monoisotopic (exact) mass is 244 g/mol. The minimum atomic E-state index is -0.902. The maximum atomic E-state index is 11.7. The number of aliphatic hydroxyl groups excluding tert-OH is 1. The summed E-state index contributed by atoms with van der Waals surface area (Å²) in [5, 5.41) is 20.6. The molecule has 0 aromatic rings. The molecule has 0 aromatic carbocycles. The zero-order valence-corrected chi connectivity index (χ0v) is 10.2. The minimum absolute atomic E-state index is 0.0427. The average Bonchev–Trinajstić information content (AvgIpc) is 2.97. The number of rotatable bonds is 6. The molecule has 0 saturated heterocycles. The van der Waals surface area contributed by atoms with Crippen LogP contribution in [0.5, 0.6) is 0 Å². The molecule has 0 bridgehead atoms. The normalized spacial score (nSPS) is 18.3. The first-order valence-electron chi connectivity index (χ1n) is 5.81. The number of carbonyl (C=O) groups is 2. The van der Waals surface area contributed by atoms with Crippen molar-refractivity contribution in [2.45, 2.75) is 38.3 Å². The lowest BCUT2D eigenvalue weighted by molar-refractivity contribution is -0.137. The average molecular weight is 244 g/mol. The molecule has 2 unspecified atom stereocenters. The van der Waals surface area contributed by atoms with E-state index in [9.17, 15) is 9.59 Å². The number of urea groups is 1. The summed E-state index contributed by atoms with van der Waals surface area (Å²) in [5.74, 6) is -0.615. The van der Waals surface area contributed by atoms with Crippen LogP contribution in [0.4, 0.5) is 4.79 Å². The van der Waals surface area contributed by atoms with Crippen molar-refractivity contribution in [3.8, 4) is 0 Å². The number of carboxylic acids is 1. The van der Waals surface area contributed by atoms with E-state index in [4.69, 9.17) is 10.2 Å². The number of nitrogens with one attached hydrogen (secondary N) is 1. The van der Waals surface area contributed by atoms with Crippen LogP contribution in [0.15, 0.2) is 0 Å². The van der Waals surface area contributed by atoms with Crippen molar-refractivity contribution in [2.24, 2.45) is 5.92 Å². The van der Waals surface area contributed by atoms with Crippen molar-refractivity contribution in [3.63, 3.8) is 0 Å². The Morgan fingerprint density at radius 2 is 2.06 bits per heavy atom. The Morgan fingerprint density at radius 3 is 2.47 bits per heavy atom. The molecule has 1 aliphatic rings. The Hall–Kier alpha value is -1.30. The van der Waals surface area contributed by atoms with E-state index in [-0.39, 0.29) is 31.0 Å². The van der Waals surface area contributed by atoms with Crippen molar-refractivity contribution in [2.75, 3.05) is 13.6 Å². The van der Waals surface area contributed by atoms with Crippen LogP contribution in [0.3, 0.4) is 0 Å². The SMILES string of the molecule is CC(O)CN(C)C(=O)NC(CC(=O)O)C1CC1. The first-order valence-corrected chi connectivity index (χ1v) is 5.81. The van der Waals surface area contributed by atoms with Crippen LogP contribution in [0.1, 0.15) is 26.2 Å². The molecular formula is C11H20N2O4. The lowest BCUT2D eigenvalue weighted by atomic mass is 10.1. The van der Waals surface area contributed by atoms with Gasteiger partial charge in [0.05, 0.1) is 12.5 Å². The second-order valence-electron chi connectivity index (χ2n) is 4.72. The lowest BCUT2D eigenvalue weighted by Gasteiger charge is -2.23. The maximum Gasteiger partial charge on any atom is 0.317 e. The van der Waals surface area contributed by atoms with Gasteiger partial charge in [-0.05, 0) is 25.7 Å². The number of hydrogen-bond acceptors (Lipinski definition) is 3. The number of nitrogens with zero attached hydrogens (tertiary/aromatic N) is 1. The third-order valence-corrected chi connectivity index (χ3v) is 2.78. The summed E-state index contributed by atoms with van der Waals surface area (Å²) in [6.45, 7) is 1.83. The van der Waals surface area contributed by atoms with Gasteiger partial charge in [-0.1, -0.05) is 0 Å². The molecule has 0 radical (unpaired) electrons. The van der Waals surface area contributed by atoms with Crippen LogP contribution in [0.2, 0.25) is 0 Å². The fourth-order valence-electron chi connectivity index (χ4n) is 1.77. The summed E-state index contributed by atoms with van der Waals surface area (Å²) in [4.78, 5) is 23.7. The maximum absolute atomic E-state index is 11.7. The van der Waals surface area contributed by atoms with Gasteiger partial charge in [-0.25, -0.2) is 4.79 Å². The summed E-state index contributed by atoms with van der Waals surface area (Å²) in [7, 11) is 1.58. The molecule has 2 atom stereocenters. The van der Waals surface area contributed by atoms with Gasteiger partial charge < -0.3 is 20.4 Å². The molecule has 0 spiro atoms. The smallest absolute Gasteiger partial charge is 0.317 e. The number of carboxylic acid groups (broad SMARTS) is 1. The molecule has 3 N–H and O–H groups in total. The van der Waals surface area contributed by atoms with Gasteiger partial charge in [0.15, 0.2) is 0 Å². The van der Waals surface area contributed by atoms with E-state index >= 15 is 0 Å². The highest BCUT2D eigenvalue weighted by molar-refractivity contribution is 5.75. The highest BCUT2D eigenvalue weighted by atomic mass is 16.4. The molecule has 1 aliphatic carbocycles. The number of likely N-dealkylation sites (N-methyl/N-ethyl adjacent to an activating group) is 1. The van der Waals surface area contributed by atoms with E-state index in [1.54, 1.807) is 14.0 Å². The summed E-state index contributed by atoms with van der Waals surface area (Å²) in [6.07, 6.45) is 1.31. The summed E-state index contributed by atoms with van der Waals surface area (Å²) < 4.78 is 0. The Balaban J connectivity index is 2.43. The molecule has 1 saturated carbocycles. The fraction of sp³-hybridized carbons (Fsp3) is 0.818. The topological polar surface area (TPSA) is 89.9 Å². The van der Waals surface area contributed by atoms with E-state index in [0.29, 0.717) is 0 Å². The Labute approximate surface area is 101 Å². The van der Waals surface area contributed by atoms with Gasteiger partial charge in [0.2, 0.25) is 0 Å².